The third kappa shape index (κ3) is 4.51. The summed E-state index contributed by atoms with van der Waals surface area (Å²) in [6.07, 6.45) is 4.86. The fraction of sp³-hybridized carbons (Fsp3) is 0.0909. The van der Waals surface area contributed by atoms with Crippen molar-refractivity contribution in [1.29, 1.82) is 10.5 Å². The standard InChI is InChI=1S/C22H18N6/c1-15-12-18(4-3-10-23)13-16(2)21(15)27-20-9-11-25-22(28-20)26-19-7-5-17(14-24)6-8-19/h3-9,11-13H,1-2H3,(H2,25,26,27,28)/b4-3+/i5D. The van der Waals surface area contributed by atoms with Gasteiger partial charge in [0.2, 0.25) is 5.95 Å². The van der Waals surface area contributed by atoms with Gasteiger partial charge in [-0.05, 0) is 79.1 Å². The lowest BCUT2D eigenvalue weighted by Gasteiger charge is -2.14. The molecule has 2 N–H and O–H groups in total. The average molecular weight is 367 g/mol. The zero-order valence-corrected chi connectivity index (χ0v) is 15.5. The molecule has 0 bridgehead atoms. The first-order valence-electron chi connectivity index (χ1n) is 9.05. The van der Waals surface area contributed by atoms with Crippen molar-refractivity contribution in [2.45, 2.75) is 13.8 Å². The van der Waals surface area contributed by atoms with Gasteiger partial charge in [0.1, 0.15) is 5.82 Å². The highest BCUT2D eigenvalue weighted by Crippen LogP contribution is 2.26. The van der Waals surface area contributed by atoms with Gasteiger partial charge in [-0.25, -0.2) is 4.98 Å². The van der Waals surface area contributed by atoms with E-state index in [1.54, 1.807) is 36.5 Å². The molecule has 3 aromatic rings. The van der Waals surface area contributed by atoms with Crippen molar-refractivity contribution in [2.75, 3.05) is 10.6 Å². The minimum Gasteiger partial charge on any atom is -0.340 e. The minimum absolute atomic E-state index is 0.142. The lowest BCUT2D eigenvalue weighted by molar-refractivity contribution is 1.16. The molecule has 0 saturated carbocycles. The fourth-order valence-electron chi connectivity index (χ4n) is 2.74. The number of anilines is 4. The maximum absolute atomic E-state index is 8.94. The SMILES string of the molecule is [2H]c1cc(Nc2nccc(Nc3c(C)cc(/C=C/C#N)cc3C)n2)ccc1C#N. The normalized spacial score (nSPS) is 10.8. The molecule has 3 rings (SSSR count). The van der Waals surface area contributed by atoms with Crippen LogP contribution in [0, 0.1) is 36.5 Å². The van der Waals surface area contributed by atoms with Crippen LogP contribution < -0.4 is 10.6 Å². The Labute approximate surface area is 165 Å². The third-order valence-corrected chi connectivity index (χ3v) is 4.00. The molecule has 0 saturated heterocycles. The zero-order chi connectivity index (χ0) is 20.8. The van der Waals surface area contributed by atoms with Gasteiger partial charge in [0.25, 0.3) is 0 Å². The lowest BCUT2D eigenvalue weighted by Crippen LogP contribution is -2.02. The monoisotopic (exact) mass is 367 g/mol. The summed E-state index contributed by atoms with van der Waals surface area (Å²) in [6.45, 7) is 3.98. The molecule has 0 aliphatic rings. The lowest BCUT2D eigenvalue weighted by atomic mass is 10.0. The molecule has 0 fully saturated rings. The van der Waals surface area contributed by atoms with Crippen LogP contribution in [0.3, 0.4) is 0 Å². The molecule has 0 radical (unpaired) electrons. The van der Waals surface area contributed by atoms with E-state index < -0.39 is 0 Å². The van der Waals surface area contributed by atoms with E-state index in [-0.39, 0.29) is 6.04 Å². The molecule has 0 aliphatic heterocycles. The van der Waals surface area contributed by atoms with Crippen LogP contribution in [0.25, 0.3) is 6.08 Å². The number of nitriles is 2. The fourth-order valence-corrected chi connectivity index (χ4v) is 2.74. The highest BCUT2D eigenvalue weighted by atomic mass is 15.1. The Morgan fingerprint density at radius 1 is 1.07 bits per heavy atom. The van der Waals surface area contributed by atoms with Crippen LogP contribution >= 0.6 is 0 Å². The van der Waals surface area contributed by atoms with Crippen LogP contribution in [0.2, 0.25) is 0 Å². The molecular formula is C22H18N6. The summed E-state index contributed by atoms with van der Waals surface area (Å²) < 4.78 is 7.84. The molecule has 0 unspecified atom stereocenters. The third-order valence-electron chi connectivity index (χ3n) is 4.00. The Kier molecular flexibility index (Phi) is 5.23. The number of hydrogen-bond acceptors (Lipinski definition) is 6. The Hall–Kier alpha value is -4.16. The molecule has 0 spiro atoms. The van der Waals surface area contributed by atoms with E-state index in [9.17, 15) is 0 Å². The van der Waals surface area contributed by atoms with Crippen LogP contribution in [-0.4, -0.2) is 9.97 Å². The molecule has 2 aromatic carbocycles. The summed E-state index contributed by atoms with van der Waals surface area (Å²) in [5.74, 6) is 0.997. The molecule has 136 valence electrons. The Balaban J connectivity index is 1.82. The Morgan fingerprint density at radius 3 is 2.54 bits per heavy atom. The summed E-state index contributed by atoms with van der Waals surface area (Å²) in [7, 11) is 0. The molecule has 6 heteroatoms. The second kappa shape index (κ2) is 8.48. The number of rotatable bonds is 5. The summed E-state index contributed by atoms with van der Waals surface area (Å²) in [4.78, 5) is 8.69. The first-order chi connectivity index (χ1) is 14.0. The highest BCUT2D eigenvalue weighted by molar-refractivity contribution is 5.69. The van der Waals surface area contributed by atoms with E-state index in [4.69, 9.17) is 11.9 Å². The van der Waals surface area contributed by atoms with Gasteiger partial charge < -0.3 is 10.6 Å². The summed E-state index contributed by atoms with van der Waals surface area (Å²) in [6, 6.07) is 14.7. The summed E-state index contributed by atoms with van der Waals surface area (Å²) >= 11 is 0. The van der Waals surface area contributed by atoms with Crippen LogP contribution in [0.4, 0.5) is 23.1 Å². The summed E-state index contributed by atoms with van der Waals surface area (Å²) in [5, 5.41) is 24.0. The smallest absolute Gasteiger partial charge is 0.229 e. The number of nitrogens with one attached hydrogen (secondary N) is 2. The number of aromatic nitrogens is 2. The van der Waals surface area contributed by atoms with Gasteiger partial charge in [0, 0.05) is 23.6 Å². The molecular weight excluding hydrogens is 348 g/mol. The largest absolute Gasteiger partial charge is 0.340 e. The molecule has 1 aromatic heterocycles. The number of allylic oxidation sites excluding steroid dienone is 1. The maximum Gasteiger partial charge on any atom is 0.229 e. The average Bonchev–Trinajstić information content (AvgIpc) is 2.69. The number of aryl methyl sites for hydroxylation is 2. The van der Waals surface area contributed by atoms with Gasteiger partial charge >= 0.3 is 0 Å². The van der Waals surface area contributed by atoms with Crippen LogP contribution in [0.5, 0.6) is 0 Å². The van der Waals surface area contributed by atoms with E-state index in [0.717, 1.165) is 22.4 Å². The van der Waals surface area contributed by atoms with Crippen molar-refractivity contribution in [3.05, 3.63) is 77.0 Å². The van der Waals surface area contributed by atoms with E-state index in [1.807, 2.05) is 38.1 Å². The van der Waals surface area contributed by atoms with Crippen molar-refractivity contribution in [1.82, 2.24) is 9.97 Å². The van der Waals surface area contributed by atoms with Crippen LogP contribution in [-0.2, 0) is 0 Å². The number of benzene rings is 2. The topological polar surface area (TPSA) is 97.4 Å². The summed E-state index contributed by atoms with van der Waals surface area (Å²) in [5.41, 5.74) is 4.90. The van der Waals surface area contributed by atoms with Crippen molar-refractivity contribution in [2.24, 2.45) is 0 Å². The van der Waals surface area contributed by atoms with E-state index >= 15 is 0 Å². The van der Waals surface area contributed by atoms with Crippen molar-refractivity contribution in [3.63, 3.8) is 0 Å². The van der Waals surface area contributed by atoms with E-state index in [2.05, 4.69) is 20.6 Å². The van der Waals surface area contributed by atoms with Crippen LogP contribution in [0.1, 0.15) is 23.6 Å². The maximum atomic E-state index is 8.94. The molecule has 0 amide bonds. The van der Waals surface area contributed by atoms with Gasteiger partial charge in [-0.2, -0.15) is 15.5 Å². The van der Waals surface area contributed by atoms with Gasteiger partial charge in [-0.15, -0.1) is 0 Å². The first-order valence-corrected chi connectivity index (χ1v) is 8.55. The number of nitrogens with zero attached hydrogens (tertiary/aromatic N) is 4. The van der Waals surface area contributed by atoms with Crippen LogP contribution in [0.15, 0.2) is 54.7 Å². The predicted octanol–water partition coefficient (Wildman–Crippen LogP) is 4.99. The molecule has 1 heterocycles. The Bertz CT molecular complexity index is 1150. The highest BCUT2D eigenvalue weighted by Gasteiger charge is 2.07. The minimum atomic E-state index is 0.142. The van der Waals surface area contributed by atoms with Gasteiger partial charge in [-0.3, -0.25) is 0 Å². The zero-order valence-electron chi connectivity index (χ0n) is 16.5. The first kappa shape index (κ1) is 17.3. The van der Waals surface area contributed by atoms with Gasteiger partial charge in [0.15, 0.2) is 0 Å². The second-order valence-corrected chi connectivity index (χ2v) is 6.11. The molecule has 0 aliphatic carbocycles. The predicted molar refractivity (Wildman–Crippen MR) is 110 cm³/mol. The van der Waals surface area contributed by atoms with Crippen molar-refractivity contribution in [3.8, 4) is 12.1 Å². The van der Waals surface area contributed by atoms with Crippen molar-refractivity contribution < 1.29 is 1.37 Å². The number of hydrogen-bond donors (Lipinski definition) is 2. The van der Waals surface area contributed by atoms with E-state index in [0.29, 0.717) is 23.0 Å². The second-order valence-electron chi connectivity index (χ2n) is 6.11. The molecule has 28 heavy (non-hydrogen) atoms. The van der Waals surface area contributed by atoms with Crippen molar-refractivity contribution >= 4 is 29.2 Å². The molecule has 0 atom stereocenters. The Morgan fingerprint density at radius 2 is 1.86 bits per heavy atom. The molecule has 6 nitrogen and oxygen atoms in total. The van der Waals surface area contributed by atoms with Gasteiger partial charge in [0.05, 0.1) is 19.1 Å². The van der Waals surface area contributed by atoms with E-state index in [1.165, 1.54) is 6.08 Å². The van der Waals surface area contributed by atoms with Gasteiger partial charge in [-0.1, -0.05) is 0 Å². The quantitative estimate of drug-likeness (QED) is 0.617.